The minimum absolute atomic E-state index is 0.318. The molecule has 0 fully saturated rings. The summed E-state index contributed by atoms with van der Waals surface area (Å²) in [7, 11) is 0.500. The predicted molar refractivity (Wildman–Crippen MR) is 73.9 cm³/mol. The van der Waals surface area contributed by atoms with Crippen LogP contribution in [0.1, 0.15) is 60.3 Å². The van der Waals surface area contributed by atoms with Gasteiger partial charge in [-0.1, -0.05) is 25.5 Å². The molecule has 102 valence electrons. The summed E-state index contributed by atoms with van der Waals surface area (Å²) >= 11 is 0. The van der Waals surface area contributed by atoms with Crippen LogP contribution >= 0.6 is 0 Å². The van der Waals surface area contributed by atoms with Crippen LogP contribution in [-0.4, -0.2) is 13.0 Å². The van der Waals surface area contributed by atoms with E-state index < -0.39 is 0 Å². The maximum Gasteiger partial charge on any atom is 0.129 e. The molecule has 0 saturated heterocycles. The van der Waals surface area contributed by atoms with Crippen LogP contribution in [0, 0.1) is 11.8 Å². The fraction of sp³-hybridized carbons (Fsp3) is 0.800. The molecule has 0 aromatic carbocycles. The van der Waals surface area contributed by atoms with E-state index in [9.17, 15) is 9.18 Å². The Bertz CT molecular complexity index is 221. The first-order valence-corrected chi connectivity index (χ1v) is 6.46. The fourth-order valence-corrected chi connectivity index (χ4v) is 1.60. The van der Waals surface area contributed by atoms with E-state index in [1.807, 2.05) is 0 Å². The van der Waals surface area contributed by atoms with Gasteiger partial charge in [-0.05, 0) is 51.9 Å². The van der Waals surface area contributed by atoms with Crippen molar-refractivity contribution in [1.82, 2.24) is 0 Å². The molecule has 0 spiro atoms. The van der Waals surface area contributed by atoms with E-state index in [1.54, 1.807) is 6.92 Å². The number of ketones is 1. The van der Waals surface area contributed by atoms with Crippen molar-refractivity contribution in [2.45, 2.75) is 60.3 Å². The molecule has 0 radical (unpaired) electrons. The molecule has 2 unspecified atom stereocenters. The molecule has 1 nitrogen and oxygen atoms in total. The van der Waals surface area contributed by atoms with E-state index in [0.717, 1.165) is 18.8 Å². The van der Waals surface area contributed by atoms with E-state index in [1.165, 1.54) is 18.4 Å². The predicted octanol–water partition coefficient (Wildman–Crippen LogP) is 4.96. The Morgan fingerprint density at radius 3 is 1.82 bits per heavy atom. The van der Waals surface area contributed by atoms with E-state index in [4.69, 9.17) is 0 Å². The van der Waals surface area contributed by atoms with Crippen molar-refractivity contribution in [3.8, 4) is 0 Å². The smallest absolute Gasteiger partial charge is 0.129 e. The van der Waals surface area contributed by atoms with Crippen molar-refractivity contribution >= 4 is 5.78 Å². The maximum atomic E-state index is 10.9. The summed E-state index contributed by atoms with van der Waals surface area (Å²) in [6.45, 7) is 10.5. The van der Waals surface area contributed by atoms with Gasteiger partial charge in [0.25, 0.3) is 0 Å². The second-order valence-corrected chi connectivity index (χ2v) is 4.87. The molecule has 0 aromatic heterocycles. The van der Waals surface area contributed by atoms with Crippen LogP contribution in [0.25, 0.3) is 0 Å². The molecular weight excluding hydrogens is 215 g/mol. The number of hydrogen-bond acceptors (Lipinski definition) is 1. The van der Waals surface area contributed by atoms with Crippen LogP contribution < -0.4 is 0 Å². The number of Topliss-reactive ketones (excluding diaryl/α,β-unsaturated/α-hetero) is 1. The second kappa shape index (κ2) is 11.8. The molecular formula is C15H29FO. The Balaban J connectivity index is 0. The summed E-state index contributed by atoms with van der Waals surface area (Å²) in [5, 5.41) is 0. The quantitative estimate of drug-likeness (QED) is 0.578. The zero-order chi connectivity index (χ0) is 13.8. The fourth-order valence-electron chi connectivity index (χ4n) is 1.60. The van der Waals surface area contributed by atoms with Gasteiger partial charge in [0.15, 0.2) is 0 Å². The van der Waals surface area contributed by atoms with Gasteiger partial charge < -0.3 is 4.79 Å². The van der Waals surface area contributed by atoms with Gasteiger partial charge in [0, 0.05) is 6.42 Å². The summed E-state index contributed by atoms with van der Waals surface area (Å²) in [5.74, 6) is 1.71. The average molecular weight is 244 g/mol. The number of halogens is 1. The number of carbonyl (C=O) groups is 1. The summed E-state index contributed by atoms with van der Waals surface area (Å²) in [6, 6.07) is 0. The van der Waals surface area contributed by atoms with Gasteiger partial charge in [0.05, 0.1) is 7.18 Å². The lowest BCUT2D eigenvalue weighted by Gasteiger charge is -2.19. The molecule has 2 heteroatoms. The lowest BCUT2D eigenvalue weighted by molar-refractivity contribution is -0.117. The van der Waals surface area contributed by atoms with Gasteiger partial charge in [-0.3, -0.25) is 4.39 Å². The number of carbonyl (C=O) groups excluding carboxylic acids is 1. The third-order valence-corrected chi connectivity index (χ3v) is 3.41. The average Bonchev–Trinajstić information content (AvgIpc) is 2.34. The molecule has 0 rings (SSSR count). The van der Waals surface area contributed by atoms with E-state index in [2.05, 4.69) is 33.8 Å². The molecule has 0 bridgehead atoms. The molecule has 0 heterocycles. The van der Waals surface area contributed by atoms with Crippen molar-refractivity contribution in [2.24, 2.45) is 11.8 Å². The zero-order valence-electron chi connectivity index (χ0n) is 12.3. The van der Waals surface area contributed by atoms with Gasteiger partial charge >= 0.3 is 0 Å². The Labute approximate surface area is 106 Å². The van der Waals surface area contributed by atoms with Gasteiger partial charge in [-0.15, -0.1) is 0 Å². The number of rotatable bonds is 7. The molecule has 0 aliphatic heterocycles. The summed E-state index contributed by atoms with van der Waals surface area (Å²) in [5.41, 5.74) is 1.47. The topological polar surface area (TPSA) is 17.1 Å². The number of allylic oxidation sites excluding steroid dienone is 2. The number of hydrogen-bond donors (Lipinski definition) is 0. The first kappa shape index (κ1) is 18.7. The van der Waals surface area contributed by atoms with Crippen molar-refractivity contribution in [1.29, 1.82) is 0 Å². The molecule has 0 N–H and O–H groups in total. The van der Waals surface area contributed by atoms with Crippen molar-refractivity contribution in [3.05, 3.63) is 11.6 Å². The highest BCUT2D eigenvalue weighted by Crippen LogP contribution is 2.23. The van der Waals surface area contributed by atoms with Crippen molar-refractivity contribution in [2.75, 3.05) is 7.18 Å². The highest BCUT2D eigenvalue weighted by molar-refractivity contribution is 5.75. The third-order valence-electron chi connectivity index (χ3n) is 3.41. The second-order valence-electron chi connectivity index (χ2n) is 4.87. The van der Waals surface area contributed by atoms with Gasteiger partial charge in [0.2, 0.25) is 0 Å². The standard InChI is InChI=1S/C14H26O.CH3F/c1-6-11(2)7-8-12(3)13(4)9-10-14(5)15;1-2/h6,12-13H,7-10H2,1-5H3;1H3/b11-6+;. The van der Waals surface area contributed by atoms with Crippen LogP contribution in [0.15, 0.2) is 11.6 Å². The molecule has 0 amide bonds. The first-order chi connectivity index (χ1) is 7.97. The Kier molecular flexibility index (Phi) is 13.0. The van der Waals surface area contributed by atoms with Gasteiger partial charge in [-0.2, -0.15) is 0 Å². The highest BCUT2D eigenvalue weighted by Gasteiger charge is 2.12. The van der Waals surface area contributed by atoms with Crippen LogP contribution in [0.4, 0.5) is 4.39 Å². The monoisotopic (exact) mass is 244 g/mol. The van der Waals surface area contributed by atoms with Crippen LogP contribution in [0.5, 0.6) is 0 Å². The normalized spacial score (nSPS) is 14.6. The minimum atomic E-state index is 0.318. The van der Waals surface area contributed by atoms with Crippen molar-refractivity contribution in [3.63, 3.8) is 0 Å². The summed E-state index contributed by atoms with van der Waals surface area (Å²) in [4.78, 5) is 10.9. The minimum Gasteiger partial charge on any atom is -0.300 e. The number of alkyl halides is 1. The lowest BCUT2D eigenvalue weighted by Crippen LogP contribution is -2.09. The highest BCUT2D eigenvalue weighted by atomic mass is 19.1. The van der Waals surface area contributed by atoms with Gasteiger partial charge in [0.1, 0.15) is 5.78 Å². The van der Waals surface area contributed by atoms with Crippen molar-refractivity contribution < 1.29 is 9.18 Å². The van der Waals surface area contributed by atoms with Crippen LogP contribution in [0.3, 0.4) is 0 Å². The van der Waals surface area contributed by atoms with Gasteiger partial charge in [-0.25, -0.2) is 0 Å². The zero-order valence-corrected chi connectivity index (χ0v) is 12.3. The molecule has 17 heavy (non-hydrogen) atoms. The molecule has 0 aliphatic rings. The SMILES string of the molecule is C/C=C(\C)CCC(C)C(C)CCC(C)=O.CF. The summed E-state index contributed by atoms with van der Waals surface area (Å²) < 4.78 is 9.50. The molecule has 0 saturated carbocycles. The third kappa shape index (κ3) is 11.6. The Hall–Kier alpha value is -0.660. The Morgan fingerprint density at radius 1 is 1.06 bits per heavy atom. The molecule has 2 atom stereocenters. The van der Waals surface area contributed by atoms with E-state index in [-0.39, 0.29) is 0 Å². The van der Waals surface area contributed by atoms with E-state index >= 15 is 0 Å². The van der Waals surface area contributed by atoms with Crippen LogP contribution in [0.2, 0.25) is 0 Å². The summed E-state index contributed by atoms with van der Waals surface area (Å²) in [6.07, 6.45) is 6.42. The molecule has 0 aromatic rings. The lowest BCUT2D eigenvalue weighted by atomic mass is 9.86. The first-order valence-electron chi connectivity index (χ1n) is 6.46. The van der Waals surface area contributed by atoms with Crippen LogP contribution in [-0.2, 0) is 4.79 Å². The van der Waals surface area contributed by atoms with E-state index in [0.29, 0.717) is 18.9 Å². The Morgan fingerprint density at radius 2 is 1.47 bits per heavy atom. The molecule has 0 aliphatic carbocycles. The largest absolute Gasteiger partial charge is 0.300 e. The maximum absolute atomic E-state index is 10.9.